The van der Waals surface area contributed by atoms with E-state index in [9.17, 15) is 29.0 Å². The predicted molar refractivity (Wildman–Crippen MR) is 143 cm³/mol. The van der Waals surface area contributed by atoms with Gasteiger partial charge in [0.15, 0.2) is 0 Å². The largest absolute Gasteiger partial charge is 0.493 e. The quantitative estimate of drug-likeness (QED) is 0.397. The fraction of sp³-hybridized carbons (Fsp3) is 0.300. The molecule has 3 aromatic carbocycles. The van der Waals surface area contributed by atoms with Gasteiger partial charge in [-0.3, -0.25) is 14.5 Å². The van der Waals surface area contributed by atoms with Gasteiger partial charge in [0.05, 0.1) is 24.3 Å². The standard InChI is InChI=1S/C30H30FN3O6/c1-2-40-27-13-23-21(16-33(29(23)37)15-18-7-9-22(31)10-8-18)11-24(27)28(36)32-14-26(35)25-12-19-5-3-4-6-20(19)17-34(25)30(38)39/h3-11,13,25-26,35H,2,12,14-17H2,1H3,(H,32,36)(H,38,39)/t25-,26+/m0/s1. The lowest BCUT2D eigenvalue weighted by Gasteiger charge is -2.37. The van der Waals surface area contributed by atoms with Crippen molar-refractivity contribution in [2.45, 2.75) is 45.1 Å². The van der Waals surface area contributed by atoms with Crippen molar-refractivity contribution in [3.05, 3.63) is 99.9 Å². The Kier molecular flexibility index (Phi) is 7.70. The Hall–Kier alpha value is -4.44. The number of benzene rings is 3. The van der Waals surface area contributed by atoms with Gasteiger partial charge in [-0.05, 0) is 59.9 Å². The van der Waals surface area contributed by atoms with Crippen LogP contribution in [-0.2, 0) is 26.1 Å². The summed E-state index contributed by atoms with van der Waals surface area (Å²) in [6.45, 7) is 2.58. The summed E-state index contributed by atoms with van der Waals surface area (Å²) in [5, 5.41) is 23.4. The molecule has 208 valence electrons. The highest BCUT2D eigenvalue weighted by Crippen LogP contribution is 2.32. The summed E-state index contributed by atoms with van der Waals surface area (Å²) in [6.07, 6.45) is -1.96. The Morgan fingerprint density at radius 3 is 2.50 bits per heavy atom. The maximum Gasteiger partial charge on any atom is 0.407 e. The van der Waals surface area contributed by atoms with Crippen molar-refractivity contribution < 1.29 is 33.7 Å². The second kappa shape index (κ2) is 11.4. The van der Waals surface area contributed by atoms with Crippen LogP contribution in [0.5, 0.6) is 5.75 Å². The van der Waals surface area contributed by atoms with Gasteiger partial charge in [-0.2, -0.15) is 0 Å². The van der Waals surface area contributed by atoms with Crippen LogP contribution in [0.2, 0.25) is 0 Å². The molecular formula is C30H30FN3O6. The fourth-order valence-corrected chi connectivity index (χ4v) is 5.32. The van der Waals surface area contributed by atoms with Crippen molar-refractivity contribution in [3.63, 3.8) is 0 Å². The number of aliphatic hydroxyl groups is 1. The van der Waals surface area contributed by atoms with Crippen LogP contribution in [0.1, 0.15) is 49.9 Å². The molecule has 10 heteroatoms. The molecule has 2 aliphatic heterocycles. The van der Waals surface area contributed by atoms with Gasteiger partial charge in [0.2, 0.25) is 0 Å². The van der Waals surface area contributed by atoms with E-state index in [4.69, 9.17) is 4.74 Å². The number of ether oxygens (including phenoxy) is 1. The molecule has 2 heterocycles. The summed E-state index contributed by atoms with van der Waals surface area (Å²) >= 11 is 0. The molecule has 0 aromatic heterocycles. The minimum Gasteiger partial charge on any atom is -0.493 e. The average molecular weight is 548 g/mol. The zero-order valence-corrected chi connectivity index (χ0v) is 22.0. The molecule has 0 saturated heterocycles. The predicted octanol–water partition coefficient (Wildman–Crippen LogP) is 3.58. The molecule has 0 bridgehead atoms. The van der Waals surface area contributed by atoms with E-state index in [1.54, 1.807) is 36.1 Å². The Labute approximate surface area is 230 Å². The average Bonchev–Trinajstić information content (AvgIpc) is 3.25. The highest BCUT2D eigenvalue weighted by Gasteiger charge is 2.35. The first-order valence-corrected chi connectivity index (χ1v) is 13.1. The molecule has 3 amide bonds. The van der Waals surface area contributed by atoms with Gasteiger partial charge in [0.1, 0.15) is 11.6 Å². The molecule has 2 atom stereocenters. The van der Waals surface area contributed by atoms with Crippen LogP contribution in [0.15, 0.2) is 60.7 Å². The normalized spacial score (nSPS) is 16.8. The fourth-order valence-electron chi connectivity index (χ4n) is 5.32. The summed E-state index contributed by atoms with van der Waals surface area (Å²) in [6, 6.07) is 15.9. The first kappa shape index (κ1) is 27.1. The lowest BCUT2D eigenvalue weighted by atomic mass is 9.91. The van der Waals surface area contributed by atoms with Crippen molar-refractivity contribution in [1.29, 1.82) is 0 Å². The third kappa shape index (κ3) is 5.48. The summed E-state index contributed by atoms with van der Waals surface area (Å²) in [7, 11) is 0. The van der Waals surface area contributed by atoms with Gasteiger partial charge in [-0.15, -0.1) is 0 Å². The summed E-state index contributed by atoms with van der Waals surface area (Å²) in [5.74, 6) is -0.836. The van der Waals surface area contributed by atoms with Crippen molar-refractivity contribution >= 4 is 17.9 Å². The van der Waals surface area contributed by atoms with E-state index in [0.717, 1.165) is 16.7 Å². The van der Waals surface area contributed by atoms with Gasteiger partial charge < -0.3 is 25.2 Å². The number of hydrogen-bond acceptors (Lipinski definition) is 5. The number of fused-ring (bicyclic) bond motifs is 2. The van der Waals surface area contributed by atoms with Gasteiger partial charge in [-0.25, -0.2) is 9.18 Å². The first-order valence-electron chi connectivity index (χ1n) is 13.1. The maximum atomic E-state index is 13.3. The number of hydrogen-bond donors (Lipinski definition) is 3. The van der Waals surface area contributed by atoms with Gasteiger partial charge in [0, 0.05) is 31.7 Å². The number of rotatable bonds is 8. The van der Waals surface area contributed by atoms with Crippen LogP contribution in [0, 0.1) is 5.82 Å². The van der Waals surface area contributed by atoms with E-state index in [-0.39, 0.29) is 55.8 Å². The van der Waals surface area contributed by atoms with Crippen molar-refractivity contribution in [2.75, 3.05) is 13.2 Å². The van der Waals surface area contributed by atoms with Crippen LogP contribution < -0.4 is 10.1 Å². The Balaban J connectivity index is 1.30. The number of nitrogens with zero attached hydrogens (tertiary/aromatic N) is 2. The van der Waals surface area contributed by atoms with Gasteiger partial charge in [0.25, 0.3) is 11.8 Å². The molecule has 2 aliphatic rings. The second-order valence-electron chi connectivity index (χ2n) is 9.95. The Morgan fingerprint density at radius 1 is 1.07 bits per heavy atom. The second-order valence-corrected chi connectivity index (χ2v) is 9.95. The van der Waals surface area contributed by atoms with Crippen LogP contribution in [0.3, 0.4) is 0 Å². The molecule has 0 spiro atoms. The number of amides is 3. The number of carbonyl (C=O) groups excluding carboxylic acids is 2. The topological polar surface area (TPSA) is 119 Å². The third-order valence-electron chi connectivity index (χ3n) is 7.37. The van der Waals surface area contributed by atoms with E-state index < -0.39 is 24.1 Å². The lowest BCUT2D eigenvalue weighted by Crippen LogP contribution is -2.53. The highest BCUT2D eigenvalue weighted by molar-refractivity contribution is 6.03. The molecular weight excluding hydrogens is 517 g/mol. The van der Waals surface area contributed by atoms with Gasteiger partial charge in [-0.1, -0.05) is 36.4 Å². The maximum absolute atomic E-state index is 13.3. The zero-order chi connectivity index (χ0) is 28.4. The van der Waals surface area contributed by atoms with Crippen LogP contribution >= 0.6 is 0 Å². The third-order valence-corrected chi connectivity index (χ3v) is 7.37. The number of carboxylic acid groups (broad SMARTS) is 1. The van der Waals surface area contributed by atoms with Gasteiger partial charge >= 0.3 is 6.09 Å². The zero-order valence-electron chi connectivity index (χ0n) is 22.0. The molecule has 0 saturated carbocycles. The monoisotopic (exact) mass is 547 g/mol. The molecule has 0 aliphatic carbocycles. The molecule has 5 rings (SSSR count). The van der Waals surface area contributed by atoms with Crippen molar-refractivity contribution in [3.8, 4) is 5.75 Å². The summed E-state index contributed by atoms with van der Waals surface area (Å²) in [5.41, 5.74) is 3.93. The van der Waals surface area contributed by atoms with Crippen LogP contribution in [-0.4, -0.2) is 63.2 Å². The van der Waals surface area contributed by atoms with E-state index in [0.29, 0.717) is 17.5 Å². The number of nitrogens with one attached hydrogen (secondary N) is 1. The van der Waals surface area contributed by atoms with E-state index >= 15 is 0 Å². The highest BCUT2D eigenvalue weighted by atomic mass is 19.1. The van der Waals surface area contributed by atoms with E-state index in [2.05, 4.69) is 5.32 Å². The molecule has 0 radical (unpaired) electrons. The van der Waals surface area contributed by atoms with Crippen molar-refractivity contribution in [1.82, 2.24) is 15.1 Å². The lowest BCUT2D eigenvalue weighted by molar-refractivity contribution is 0.0382. The van der Waals surface area contributed by atoms with Crippen LogP contribution in [0.25, 0.3) is 0 Å². The number of aliphatic hydroxyl groups excluding tert-OH is 1. The minimum atomic E-state index is -1.15. The minimum absolute atomic E-state index is 0.156. The molecule has 9 nitrogen and oxygen atoms in total. The molecule has 40 heavy (non-hydrogen) atoms. The Morgan fingerprint density at radius 2 is 1.80 bits per heavy atom. The van der Waals surface area contributed by atoms with E-state index in [1.807, 2.05) is 24.3 Å². The Bertz CT molecular complexity index is 1440. The van der Waals surface area contributed by atoms with Crippen molar-refractivity contribution in [2.24, 2.45) is 0 Å². The smallest absolute Gasteiger partial charge is 0.407 e. The molecule has 3 aromatic rings. The first-order chi connectivity index (χ1) is 19.2. The van der Waals surface area contributed by atoms with Crippen LogP contribution in [0.4, 0.5) is 9.18 Å². The summed E-state index contributed by atoms with van der Waals surface area (Å²) in [4.78, 5) is 41.1. The SMILES string of the molecule is CCOc1cc2c(cc1C(=O)NC[C@@H](O)[C@@H]1Cc3ccccc3CN1C(=O)O)CN(Cc1ccc(F)cc1)C2=O. The molecule has 3 N–H and O–H groups in total. The van der Waals surface area contributed by atoms with E-state index in [1.165, 1.54) is 17.0 Å². The molecule has 0 unspecified atom stereocenters. The summed E-state index contributed by atoms with van der Waals surface area (Å²) < 4.78 is 19.0. The number of carbonyl (C=O) groups is 3. The molecule has 0 fully saturated rings. The number of halogens is 1.